The summed E-state index contributed by atoms with van der Waals surface area (Å²) in [5, 5.41) is 0. The molecule has 0 aromatic carbocycles. The number of nitrogens with two attached hydrogens (primary N) is 1. The number of nitrogen functional groups attached to an aromatic ring is 1. The van der Waals surface area contributed by atoms with Crippen LogP contribution >= 0.6 is 0 Å². The Morgan fingerprint density at radius 3 is 2.63 bits per heavy atom. The fourth-order valence-corrected chi connectivity index (χ4v) is 2.52. The zero-order chi connectivity index (χ0) is 14.2. The molecule has 0 saturated heterocycles. The Hall–Kier alpha value is -1.52. The summed E-state index contributed by atoms with van der Waals surface area (Å²) in [5.41, 5.74) is 6.64. The Balaban J connectivity index is 2.25. The molecular formula is C14H23N3O2. The molecule has 0 unspecified atom stereocenters. The van der Waals surface area contributed by atoms with Crippen LogP contribution < -0.4 is 5.73 Å². The van der Waals surface area contributed by atoms with Gasteiger partial charge in [0, 0.05) is 6.54 Å². The molecule has 2 N–H and O–H groups in total. The highest BCUT2D eigenvalue weighted by Crippen LogP contribution is 2.53. The van der Waals surface area contributed by atoms with Gasteiger partial charge in [0.15, 0.2) is 5.69 Å². The SMILES string of the molecule is CCOC(=O)c1nc(C)n(CC2(C(C)C)CC2)c1N. The number of anilines is 1. The van der Waals surface area contributed by atoms with Gasteiger partial charge in [0.2, 0.25) is 0 Å². The number of carbonyl (C=O) groups is 1. The van der Waals surface area contributed by atoms with E-state index in [4.69, 9.17) is 10.5 Å². The predicted molar refractivity (Wildman–Crippen MR) is 73.8 cm³/mol. The minimum Gasteiger partial charge on any atom is -0.461 e. The van der Waals surface area contributed by atoms with Crippen LogP contribution in [0.2, 0.25) is 0 Å². The molecule has 0 atom stereocenters. The molecule has 0 bridgehead atoms. The van der Waals surface area contributed by atoms with Gasteiger partial charge in [0.1, 0.15) is 11.6 Å². The first-order chi connectivity index (χ1) is 8.91. The van der Waals surface area contributed by atoms with Crippen LogP contribution in [-0.4, -0.2) is 22.1 Å². The minimum absolute atomic E-state index is 0.249. The van der Waals surface area contributed by atoms with E-state index in [1.165, 1.54) is 12.8 Å². The summed E-state index contributed by atoms with van der Waals surface area (Å²) in [6.07, 6.45) is 2.44. The first kappa shape index (κ1) is 13.9. The number of imidazole rings is 1. The Kier molecular flexibility index (Phi) is 3.56. The highest BCUT2D eigenvalue weighted by atomic mass is 16.5. The van der Waals surface area contributed by atoms with Gasteiger partial charge in [-0.2, -0.15) is 0 Å². The van der Waals surface area contributed by atoms with Gasteiger partial charge in [-0.15, -0.1) is 0 Å². The summed E-state index contributed by atoms with van der Waals surface area (Å²) in [4.78, 5) is 16.0. The minimum atomic E-state index is -0.434. The number of carbonyl (C=O) groups excluding carboxylic acids is 1. The maximum Gasteiger partial charge on any atom is 0.360 e. The molecule has 1 aliphatic rings. The van der Waals surface area contributed by atoms with Gasteiger partial charge in [-0.05, 0) is 38.0 Å². The largest absolute Gasteiger partial charge is 0.461 e. The standard InChI is InChI=1S/C14H23N3O2/c1-5-19-13(18)11-12(15)17(10(4)16-11)8-14(6-7-14)9(2)3/h9H,5-8,15H2,1-4H3. The monoisotopic (exact) mass is 265 g/mol. The number of aromatic nitrogens is 2. The van der Waals surface area contributed by atoms with E-state index in [-0.39, 0.29) is 5.69 Å². The molecule has 5 nitrogen and oxygen atoms in total. The van der Waals surface area contributed by atoms with Crippen LogP contribution in [0.4, 0.5) is 5.82 Å². The summed E-state index contributed by atoms with van der Waals surface area (Å²) in [5.74, 6) is 1.39. The second-order valence-corrected chi connectivity index (χ2v) is 5.72. The summed E-state index contributed by atoms with van der Waals surface area (Å²) in [7, 11) is 0. The normalized spacial score (nSPS) is 16.7. The van der Waals surface area contributed by atoms with Crippen LogP contribution in [0.15, 0.2) is 0 Å². The van der Waals surface area contributed by atoms with Gasteiger partial charge in [-0.3, -0.25) is 0 Å². The lowest BCUT2D eigenvalue weighted by molar-refractivity contribution is 0.0521. The lowest BCUT2D eigenvalue weighted by atomic mass is 9.92. The van der Waals surface area contributed by atoms with Crippen molar-refractivity contribution in [2.75, 3.05) is 12.3 Å². The molecule has 0 amide bonds. The van der Waals surface area contributed by atoms with Crippen LogP contribution in [0, 0.1) is 18.3 Å². The lowest BCUT2D eigenvalue weighted by Gasteiger charge is -2.21. The average Bonchev–Trinajstić information content (AvgIpc) is 3.07. The molecule has 1 aromatic heterocycles. The summed E-state index contributed by atoms with van der Waals surface area (Å²) in [6, 6.07) is 0. The number of hydrogen-bond donors (Lipinski definition) is 1. The Morgan fingerprint density at radius 1 is 1.53 bits per heavy atom. The third kappa shape index (κ3) is 2.46. The van der Waals surface area contributed by atoms with E-state index >= 15 is 0 Å². The van der Waals surface area contributed by atoms with Crippen molar-refractivity contribution in [2.24, 2.45) is 11.3 Å². The first-order valence-electron chi connectivity index (χ1n) is 6.91. The van der Waals surface area contributed by atoms with Gasteiger partial charge >= 0.3 is 5.97 Å². The average molecular weight is 265 g/mol. The van der Waals surface area contributed by atoms with Gasteiger partial charge < -0.3 is 15.0 Å². The van der Waals surface area contributed by atoms with Crippen molar-refractivity contribution in [1.82, 2.24) is 9.55 Å². The molecule has 0 radical (unpaired) electrons. The molecule has 1 aromatic rings. The highest BCUT2D eigenvalue weighted by Gasteiger charge is 2.46. The van der Waals surface area contributed by atoms with Crippen molar-refractivity contribution >= 4 is 11.8 Å². The van der Waals surface area contributed by atoms with Crippen LogP contribution in [0.1, 0.15) is 49.9 Å². The molecule has 0 spiro atoms. The smallest absolute Gasteiger partial charge is 0.360 e. The maximum absolute atomic E-state index is 11.8. The van der Waals surface area contributed by atoms with E-state index < -0.39 is 5.97 Å². The molecule has 106 valence electrons. The number of aryl methyl sites for hydroxylation is 1. The summed E-state index contributed by atoms with van der Waals surface area (Å²) in [6.45, 7) is 9.31. The van der Waals surface area contributed by atoms with Gasteiger partial charge in [-0.1, -0.05) is 13.8 Å². The van der Waals surface area contributed by atoms with Crippen molar-refractivity contribution in [3.05, 3.63) is 11.5 Å². The highest BCUT2D eigenvalue weighted by molar-refractivity contribution is 5.92. The van der Waals surface area contributed by atoms with E-state index in [9.17, 15) is 4.79 Å². The van der Waals surface area contributed by atoms with Crippen LogP contribution in [0.5, 0.6) is 0 Å². The number of rotatable bonds is 5. The Morgan fingerprint density at radius 2 is 2.16 bits per heavy atom. The molecule has 2 rings (SSSR count). The van der Waals surface area contributed by atoms with Crippen LogP contribution in [0.3, 0.4) is 0 Å². The second kappa shape index (κ2) is 4.87. The van der Waals surface area contributed by atoms with E-state index in [1.54, 1.807) is 6.92 Å². The number of esters is 1. The summed E-state index contributed by atoms with van der Waals surface area (Å²) >= 11 is 0. The molecule has 1 heterocycles. The van der Waals surface area contributed by atoms with Crippen molar-refractivity contribution in [3.63, 3.8) is 0 Å². The Bertz CT molecular complexity index is 487. The van der Waals surface area contributed by atoms with Crippen molar-refractivity contribution in [3.8, 4) is 0 Å². The maximum atomic E-state index is 11.8. The van der Waals surface area contributed by atoms with Crippen LogP contribution in [-0.2, 0) is 11.3 Å². The van der Waals surface area contributed by atoms with E-state index in [0.29, 0.717) is 23.8 Å². The van der Waals surface area contributed by atoms with Crippen molar-refractivity contribution < 1.29 is 9.53 Å². The number of nitrogens with zero attached hydrogens (tertiary/aromatic N) is 2. The predicted octanol–water partition coefficient (Wildman–Crippen LogP) is 2.39. The molecular weight excluding hydrogens is 242 g/mol. The van der Waals surface area contributed by atoms with Crippen LogP contribution in [0.25, 0.3) is 0 Å². The Labute approximate surface area is 114 Å². The van der Waals surface area contributed by atoms with Crippen molar-refractivity contribution in [1.29, 1.82) is 0 Å². The fraction of sp³-hybridized carbons (Fsp3) is 0.714. The molecule has 1 aliphatic carbocycles. The zero-order valence-electron chi connectivity index (χ0n) is 12.2. The molecule has 5 heteroatoms. The second-order valence-electron chi connectivity index (χ2n) is 5.72. The quantitative estimate of drug-likeness (QED) is 0.830. The molecule has 1 saturated carbocycles. The molecule has 19 heavy (non-hydrogen) atoms. The van der Waals surface area contributed by atoms with Gasteiger partial charge in [0.05, 0.1) is 6.61 Å². The fourth-order valence-electron chi connectivity index (χ4n) is 2.52. The number of hydrogen-bond acceptors (Lipinski definition) is 4. The first-order valence-corrected chi connectivity index (χ1v) is 6.91. The van der Waals surface area contributed by atoms with E-state index in [1.807, 2.05) is 11.5 Å². The van der Waals surface area contributed by atoms with E-state index in [0.717, 1.165) is 12.4 Å². The zero-order valence-corrected chi connectivity index (χ0v) is 12.2. The van der Waals surface area contributed by atoms with Crippen molar-refractivity contribution in [2.45, 2.75) is 47.1 Å². The third-order valence-electron chi connectivity index (χ3n) is 4.26. The van der Waals surface area contributed by atoms with Gasteiger partial charge in [-0.25, -0.2) is 9.78 Å². The molecule has 0 aliphatic heterocycles. The third-order valence-corrected chi connectivity index (χ3v) is 4.26. The lowest BCUT2D eigenvalue weighted by Crippen LogP contribution is -2.20. The van der Waals surface area contributed by atoms with Gasteiger partial charge in [0.25, 0.3) is 0 Å². The molecule has 1 fully saturated rings. The van der Waals surface area contributed by atoms with E-state index in [2.05, 4.69) is 18.8 Å². The summed E-state index contributed by atoms with van der Waals surface area (Å²) < 4.78 is 6.93. The number of ether oxygens (including phenoxy) is 1. The topological polar surface area (TPSA) is 70.1 Å².